The van der Waals surface area contributed by atoms with E-state index in [1.807, 2.05) is 6.92 Å². The van der Waals surface area contributed by atoms with Crippen LogP contribution in [-0.4, -0.2) is 24.5 Å². The molecule has 0 aliphatic carbocycles. The first-order chi connectivity index (χ1) is 8.96. The van der Waals surface area contributed by atoms with Gasteiger partial charge in [-0.15, -0.1) is 0 Å². The van der Waals surface area contributed by atoms with Gasteiger partial charge in [0.05, 0.1) is 13.0 Å². The Hall–Kier alpha value is -2.04. The summed E-state index contributed by atoms with van der Waals surface area (Å²) >= 11 is 0. The van der Waals surface area contributed by atoms with Gasteiger partial charge in [-0.05, 0) is 12.5 Å². The molecule has 0 radical (unpaired) electrons. The van der Waals surface area contributed by atoms with Crippen molar-refractivity contribution in [3.8, 4) is 17.2 Å². The number of rotatable bonds is 5. The van der Waals surface area contributed by atoms with Gasteiger partial charge in [-0.2, -0.15) is 0 Å². The summed E-state index contributed by atoms with van der Waals surface area (Å²) in [6, 6.07) is 1.35. The minimum absolute atomic E-state index is 0.0603. The third-order valence-electron chi connectivity index (χ3n) is 2.72. The molecule has 0 aromatic heterocycles. The molecule has 0 spiro atoms. The lowest BCUT2D eigenvalue weighted by atomic mass is 10.0. The highest BCUT2D eigenvalue weighted by Crippen LogP contribution is 2.41. The van der Waals surface area contributed by atoms with Crippen LogP contribution in [0.15, 0.2) is 6.07 Å². The van der Waals surface area contributed by atoms with Gasteiger partial charge in [0.15, 0.2) is 17.8 Å². The summed E-state index contributed by atoms with van der Waals surface area (Å²) in [5.41, 5.74) is 0.919. The number of carbonyl (C=O) groups excluding carboxylic acids is 2. The number of ether oxygens (including phenoxy) is 2. The fourth-order valence-electron chi connectivity index (χ4n) is 1.68. The van der Waals surface area contributed by atoms with Gasteiger partial charge in [-0.3, -0.25) is 9.59 Å². The lowest BCUT2D eigenvalue weighted by Crippen LogP contribution is -2.15. The fourth-order valence-corrected chi connectivity index (χ4v) is 1.68. The summed E-state index contributed by atoms with van der Waals surface area (Å²) < 4.78 is 10.2. The van der Waals surface area contributed by atoms with Gasteiger partial charge in [-0.1, -0.05) is 20.8 Å². The highest BCUT2D eigenvalue weighted by atomic mass is 16.5. The van der Waals surface area contributed by atoms with Crippen LogP contribution in [0.2, 0.25) is 0 Å². The fraction of sp³-hybridized carbons (Fsp3) is 0.429. The van der Waals surface area contributed by atoms with Gasteiger partial charge in [0.25, 0.3) is 0 Å². The van der Waals surface area contributed by atoms with E-state index in [-0.39, 0.29) is 23.2 Å². The number of hydrogen-bond acceptors (Lipinski definition) is 5. The van der Waals surface area contributed by atoms with Crippen molar-refractivity contribution < 1.29 is 24.2 Å². The average Bonchev–Trinajstić information content (AvgIpc) is 2.39. The molecule has 0 unspecified atom stereocenters. The van der Waals surface area contributed by atoms with Crippen LogP contribution in [0.5, 0.6) is 17.2 Å². The van der Waals surface area contributed by atoms with E-state index in [2.05, 4.69) is 0 Å². The molecule has 0 fully saturated rings. The molecule has 1 aromatic rings. The van der Waals surface area contributed by atoms with Crippen LogP contribution in [-0.2, 0) is 11.2 Å². The van der Waals surface area contributed by atoms with E-state index < -0.39 is 5.97 Å². The molecule has 0 saturated carbocycles. The summed E-state index contributed by atoms with van der Waals surface area (Å²) in [5, 5.41) is 10.0. The maximum absolute atomic E-state index is 11.6. The van der Waals surface area contributed by atoms with Crippen LogP contribution in [0.3, 0.4) is 0 Å². The van der Waals surface area contributed by atoms with Crippen molar-refractivity contribution >= 4 is 12.3 Å². The van der Waals surface area contributed by atoms with Gasteiger partial charge < -0.3 is 14.6 Å². The molecule has 19 heavy (non-hydrogen) atoms. The quantitative estimate of drug-likeness (QED) is 0.503. The third-order valence-corrected chi connectivity index (χ3v) is 2.72. The lowest BCUT2D eigenvalue weighted by Gasteiger charge is -2.15. The van der Waals surface area contributed by atoms with Gasteiger partial charge in [0.1, 0.15) is 0 Å². The van der Waals surface area contributed by atoms with Gasteiger partial charge in [0.2, 0.25) is 5.75 Å². The standard InChI is InChI=1S/C14H18O5/c1-5-10-9(7-15)6-11(12(16)13(10)18-4)19-14(17)8(2)3/h6-8,16H,5H2,1-4H3. The molecule has 1 N–H and O–H groups in total. The van der Waals surface area contributed by atoms with Crippen molar-refractivity contribution in [1.29, 1.82) is 0 Å². The monoisotopic (exact) mass is 266 g/mol. The normalized spacial score (nSPS) is 10.4. The first-order valence-corrected chi connectivity index (χ1v) is 6.05. The molecule has 0 bridgehead atoms. The zero-order chi connectivity index (χ0) is 14.6. The van der Waals surface area contributed by atoms with Gasteiger partial charge in [-0.25, -0.2) is 0 Å². The SMILES string of the molecule is CCc1c(C=O)cc(OC(=O)C(C)C)c(O)c1OC. The van der Waals surface area contributed by atoms with Crippen LogP contribution in [0, 0.1) is 5.92 Å². The summed E-state index contributed by atoms with van der Waals surface area (Å²) in [7, 11) is 1.39. The van der Waals surface area contributed by atoms with E-state index in [1.54, 1.807) is 13.8 Å². The largest absolute Gasteiger partial charge is 0.502 e. The Kier molecular flexibility index (Phi) is 4.92. The number of methoxy groups -OCH3 is 1. The maximum Gasteiger partial charge on any atom is 0.313 e. The van der Waals surface area contributed by atoms with Crippen molar-refractivity contribution in [3.05, 3.63) is 17.2 Å². The predicted octanol–water partition coefficient (Wildman–Crippen LogP) is 2.34. The third kappa shape index (κ3) is 3.05. The Balaban J connectivity index is 3.34. The van der Waals surface area contributed by atoms with Gasteiger partial charge in [0, 0.05) is 11.1 Å². The van der Waals surface area contributed by atoms with E-state index in [1.165, 1.54) is 13.2 Å². The van der Waals surface area contributed by atoms with Crippen molar-refractivity contribution in [2.24, 2.45) is 5.92 Å². The van der Waals surface area contributed by atoms with E-state index in [9.17, 15) is 14.7 Å². The molecule has 0 aliphatic rings. The number of benzene rings is 1. The summed E-state index contributed by atoms with van der Waals surface area (Å²) in [6.07, 6.45) is 1.16. The van der Waals surface area contributed by atoms with E-state index in [0.717, 1.165) is 0 Å². The lowest BCUT2D eigenvalue weighted by molar-refractivity contribution is -0.137. The number of esters is 1. The van der Waals surface area contributed by atoms with E-state index in [4.69, 9.17) is 9.47 Å². The molecule has 0 atom stereocenters. The molecule has 1 aromatic carbocycles. The molecular weight excluding hydrogens is 248 g/mol. The van der Waals surface area contributed by atoms with E-state index in [0.29, 0.717) is 23.8 Å². The van der Waals surface area contributed by atoms with E-state index >= 15 is 0 Å². The molecule has 5 heteroatoms. The van der Waals surface area contributed by atoms with Crippen molar-refractivity contribution in [1.82, 2.24) is 0 Å². The first kappa shape index (κ1) is 15.0. The minimum Gasteiger partial charge on any atom is -0.502 e. The minimum atomic E-state index is -0.488. The predicted molar refractivity (Wildman–Crippen MR) is 69.9 cm³/mol. The van der Waals surface area contributed by atoms with Gasteiger partial charge >= 0.3 is 5.97 Å². The Morgan fingerprint density at radius 3 is 2.53 bits per heavy atom. The van der Waals surface area contributed by atoms with Crippen LogP contribution < -0.4 is 9.47 Å². The highest BCUT2D eigenvalue weighted by Gasteiger charge is 2.21. The topological polar surface area (TPSA) is 72.8 Å². The summed E-state index contributed by atoms with van der Waals surface area (Å²) in [6.45, 7) is 5.19. The smallest absolute Gasteiger partial charge is 0.313 e. The Morgan fingerprint density at radius 1 is 1.47 bits per heavy atom. The second kappa shape index (κ2) is 6.22. The number of hydrogen-bond donors (Lipinski definition) is 1. The average molecular weight is 266 g/mol. The Labute approximate surface area is 112 Å². The molecule has 0 amide bonds. The maximum atomic E-state index is 11.6. The second-order valence-electron chi connectivity index (χ2n) is 4.37. The number of aldehydes is 1. The highest BCUT2D eigenvalue weighted by molar-refractivity contribution is 5.83. The molecule has 0 saturated heterocycles. The molecular formula is C14H18O5. The Bertz CT molecular complexity index is 491. The summed E-state index contributed by atoms with van der Waals surface area (Å²) in [4.78, 5) is 22.6. The van der Waals surface area contributed by atoms with Crippen LogP contribution in [0.25, 0.3) is 0 Å². The molecule has 104 valence electrons. The first-order valence-electron chi connectivity index (χ1n) is 6.05. The number of phenolic OH excluding ortho intramolecular Hbond substituents is 1. The zero-order valence-electron chi connectivity index (χ0n) is 11.5. The van der Waals surface area contributed by atoms with Crippen LogP contribution >= 0.6 is 0 Å². The van der Waals surface area contributed by atoms with Crippen molar-refractivity contribution in [2.75, 3.05) is 7.11 Å². The van der Waals surface area contributed by atoms with Crippen LogP contribution in [0.4, 0.5) is 0 Å². The molecule has 0 aliphatic heterocycles. The number of phenols is 1. The number of carbonyl (C=O) groups is 2. The molecule has 1 rings (SSSR count). The number of aromatic hydroxyl groups is 1. The summed E-state index contributed by atoms with van der Waals surface area (Å²) in [5.74, 6) is -0.984. The van der Waals surface area contributed by atoms with Crippen LogP contribution in [0.1, 0.15) is 36.7 Å². The van der Waals surface area contributed by atoms with Crippen molar-refractivity contribution in [2.45, 2.75) is 27.2 Å². The zero-order valence-corrected chi connectivity index (χ0v) is 11.5. The molecule has 5 nitrogen and oxygen atoms in total. The second-order valence-corrected chi connectivity index (χ2v) is 4.37. The van der Waals surface area contributed by atoms with Crippen molar-refractivity contribution in [3.63, 3.8) is 0 Å². The molecule has 0 heterocycles. The Morgan fingerprint density at radius 2 is 2.11 bits per heavy atom.